The highest BCUT2D eigenvalue weighted by atomic mass is 16.5. The van der Waals surface area contributed by atoms with Crippen LogP contribution in [0.5, 0.6) is 0 Å². The lowest BCUT2D eigenvalue weighted by atomic mass is 9.88. The maximum Gasteiger partial charge on any atom is 0.0682 e. The minimum atomic E-state index is 0.237. The molecule has 1 heterocycles. The Morgan fingerprint density at radius 1 is 1.26 bits per heavy atom. The normalized spacial score (nSPS) is 28.1. The van der Waals surface area contributed by atoms with Crippen molar-refractivity contribution in [2.24, 2.45) is 10.9 Å². The minimum Gasteiger partial charge on any atom is -0.375 e. The van der Waals surface area contributed by atoms with Crippen LogP contribution in [0.4, 0.5) is 0 Å². The third-order valence-corrected chi connectivity index (χ3v) is 4.76. The fourth-order valence-electron chi connectivity index (χ4n) is 3.54. The van der Waals surface area contributed by atoms with Crippen LogP contribution in [-0.2, 0) is 4.74 Å². The summed E-state index contributed by atoms with van der Waals surface area (Å²) >= 11 is 0. The highest BCUT2D eigenvalue weighted by Gasteiger charge is 2.37. The molecule has 0 aromatic rings. The first-order chi connectivity index (χ1) is 9.29. The van der Waals surface area contributed by atoms with Gasteiger partial charge < -0.3 is 4.74 Å². The number of unbranched alkanes of at least 4 members (excludes halogenated alkanes) is 1. The maximum atomic E-state index is 6.22. The van der Waals surface area contributed by atoms with Crippen LogP contribution in [0.3, 0.4) is 0 Å². The van der Waals surface area contributed by atoms with E-state index in [9.17, 15) is 0 Å². The number of aliphatic imine (C=N–C) groups is 1. The number of rotatable bonds is 4. The molecule has 2 fully saturated rings. The Kier molecular flexibility index (Phi) is 5.62. The minimum absolute atomic E-state index is 0.237. The van der Waals surface area contributed by atoms with Crippen molar-refractivity contribution in [3.8, 4) is 0 Å². The van der Waals surface area contributed by atoms with Gasteiger partial charge in [0.1, 0.15) is 0 Å². The van der Waals surface area contributed by atoms with Crippen molar-refractivity contribution in [2.75, 3.05) is 13.7 Å². The summed E-state index contributed by atoms with van der Waals surface area (Å²) in [7, 11) is 1.93. The van der Waals surface area contributed by atoms with E-state index in [0.29, 0.717) is 5.92 Å². The van der Waals surface area contributed by atoms with Crippen LogP contribution in [-0.4, -0.2) is 25.0 Å². The van der Waals surface area contributed by atoms with Gasteiger partial charge in [0, 0.05) is 25.3 Å². The third kappa shape index (κ3) is 3.92. The molecule has 2 rings (SSSR count). The first-order valence-corrected chi connectivity index (χ1v) is 8.07. The molecule has 2 nitrogen and oxygen atoms in total. The average Bonchev–Trinajstić information content (AvgIpc) is 2.78. The maximum absolute atomic E-state index is 6.22. The van der Waals surface area contributed by atoms with Gasteiger partial charge in [0.25, 0.3) is 0 Å². The second kappa shape index (κ2) is 7.23. The molecule has 1 spiro atoms. The molecule has 1 saturated carbocycles. The molecule has 19 heavy (non-hydrogen) atoms. The van der Waals surface area contributed by atoms with Gasteiger partial charge in [-0.1, -0.05) is 32.3 Å². The van der Waals surface area contributed by atoms with Crippen LogP contribution in [0.1, 0.15) is 64.7 Å². The lowest BCUT2D eigenvalue weighted by Gasteiger charge is -2.27. The van der Waals surface area contributed by atoms with Crippen LogP contribution in [0.15, 0.2) is 17.1 Å². The molecule has 2 heteroatoms. The van der Waals surface area contributed by atoms with Crippen molar-refractivity contribution in [2.45, 2.75) is 70.3 Å². The SMILES string of the molecule is CCC/C=C\C(=N/C)C1CCOC2(CCCC2)CC1. The zero-order chi connectivity index (χ0) is 13.6. The lowest BCUT2D eigenvalue weighted by Crippen LogP contribution is -2.27. The summed E-state index contributed by atoms with van der Waals surface area (Å²) in [5, 5.41) is 0. The number of hydrogen-bond donors (Lipinski definition) is 0. The van der Waals surface area contributed by atoms with Crippen LogP contribution >= 0.6 is 0 Å². The zero-order valence-corrected chi connectivity index (χ0v) is 12.7. The van der Waals surface area contributed by atoms with Crippen LogP contribution in [0.25, 0.3) is 0 Å². The molecular weight excluding hydrogens is 234 g/mol. The number of allylic oxidation sites excluding steroid dienone is 2. The second-order valence-electron chi connectivity index (χ2n) is 6.10. The smallest absolute Gasteiger partial charge is 0.0682 e. The van der Waals surface area contributed by atoms with Crippen LogP contribution in [0.2, 0.25) is 0 Å². The highest BCUT2D eigenvalue weighted by Crippen LogP contribution is 2.40. The zero-order valence-electron chi connectivity index (χ0n) is 12.7. The summed E-state index contributed by atoms with van der Waals surface area (Å²) in [4.78, 5) is 4.51. The van der Waals surface area contributed by atoms with Gasteiger partial charge in [0.15, 0.2) is 0 Å². The Hall–Kier alpha value is -0.630. The third-order valence-electron chi connectivity index (χ3n) is 4.76. The molecule has 0 radical (unpaired) electrons. The molecular formula is C17H29NO. The van der Waals surface area contributed by atoms with Crippen molar-refractivity contribution in [1.82, 2.24) is 0 Å². The molecule has 1 unspecified atom stereocenters. The first-order valence-electron chi connectivity index (χ1n) is 8.07. The molecule has 1 aliphatic carbocycles. The van der Waals surface area contributed by atoms with E-state index in [-0.39, 0.29) is 5.60 Å². The Morgan fingerprint density at radius 2 is 2.05 bits per heavy atom. The fraction of sp³-hybridized carbons (Fsp3) is 0.824. The molecule has 0 aromatic heterocycles. The largest absolute Gasteiger partial charge is 0.375 e. The molecule has 1 atom stereocenters. The quantitative estimate of drug-likeness (QED) is 0.682. The molecule has 108 valence electrons. The predicted molar refractivity (Wildman–Crippen MR) is 81.9 cm³/mol. The number of nitrogens with zero attached hydrogens (tertiary/aromatic N) is 1. The fourth-order valence-corrected chi connectivity index (χ4v) is 3.54. The van der Waals surface area contributed by atoms with Crippen molar-refractivity contribution in [1.29, 1.82) is 0 Å². The van der Waals surface area contributed by atoms with Gasteiger partial charge in [0.2, 0.25) is 0 Å². The number of hydrogen-bond acceptors (Lipinski definition) is 2. The lowest BCUT2D eigenvalue weighted by molar-refractivity contribution is -0.0370. The van der Waals surface area contributed by atoms with Gasteiger partial charge in [-0.05, 0) is 44.6 Å². The number of ether oxygens (including phenoxy) is 1. The molecule has 0 bridgehead atoms. The summed E-state index contributed by atoms with van der Waals surface area (Å²) < 4.78 is 6.22. The Morgan fingerprint density at radius 3 is 2.74 bits per heavy atom. The van der Waals surface area contributed by atoms with Crippen molar-refractivity contribution >= 4 is 5.71 Å². The van der Waals surface area contributed by atoms with Gasteiger partial charge in [-0.15, -0.1) is 0 Å². The summed E-state index contributed by atoms with van der Waals surface area (Å²) in [5.74, 6) is 0.609. The predicted octanol–water partition coefficient (Wildman–Crippen LogP) is 4.54. The van der Waals surface area contributed by atoms with Crippen molar-refractivity contribution in [3.63, 3.8) is 0 Å². The average molecular weight is 263 g/mol. The Labute approximate surface area is 118 Å². The van der Waals surface area contributed by atoms with Gasteiger partial charge >= 0.3 is 0 Å². The first kappa shape index (κ1) is 14.8. The highest BCUT2D eigenvalue weighted by molar-refractivity contribution is 5.96. The molecule has 0 amide bonds. The van der Waals surface area contributed by atoms with E-state index in [1.54, 1.807) is 0 Å². The van der Waals surface area contributed by atoms with E-state index >= 15 is 0 Å². The van der Waals surface area contributed by atoms with Crippen molar-refractivity contribution in [3.05, 3.63) is 12.2 Å². The summed E-state index contributed by atoms with van der Waals surface area (Å²) in [6, 6.07) is 0. The van der Waals surface area contributed by atoms with E-state index in [2.05, 4.69) is 24.1 Å². The van der Waals surface area contributed by atoms with Gasteiger partial charge in [-0.2, -0.15) is 0 Å². The Balaban J connectivity index is 1.94. The summed E-state index contributed by atoms with van der Waals surface area (Å²) in [6.45, 7) is 3.14. The van der Waals surface area contributed by atoms with Crippen molar-refractivity contribution < 1.29 is 4.74 Å². The standard InChI is InChI=1S/C17H29NO/c1-3-4-5-8-16(18-2)15-9-13-17(19-14-10-15)11-6-7-12-17/h5,8,15H,3-4,6-7,9-14H2,1-2H3/b8-5-,18-16+. The van der Waals surface area contributed by atoms with E-state index in [4.69, 9.17) is 4.74 Å². The molecule has 2 aliphatic rings. The van der Waals surface area contributed by atoms with Gasteiger partial charge in [0.05, 0.1) is 5.60 Å². The molecule has 0 N–H and O–H groups in total. The van der Waals surface area contributed by atoms with Gasteiger partial charge in [-0.3, -0.25) is 4.99 Å². The molecule has 1 saturated heterocycles. The molecule has 0 aromatic carbocycles. The van der Waals surface area contributed by atoms with E-state index in [1.165, 1.54) is 50.7 Å². The molecule has 1 aliphatic heterocycles. The second-order valence-corrected chi connectivity index (χ2v) is 6.10. The van der Waals surface area contributed by atoms with E-state index in [0.717, 1.165) is 19.4 Å². The van der Waals surface area contributed by atoms with Crippen LogP contribution < -0.4 is 0 Å². The van der Waals surface area contributed by atoms with E-state index in [1.807, 2.05) is 7.05 Å². The van der Waals surface area contributed by atoms with E-state index < -0.39 is 0 Å². The van der Waals surface area contributed by atoms with Crippen LogP contribution in [0, 0.1) is 5.92 Å². The summed E-state index contributed by atoms with van der Waals surface area (Å²) in [5.41, 5.74) is 1.52. The topological polar surface area (TPSA) is 21.6 Å². The van der Waals surface area contributed by atoms with Gasteiger partial charge in [-0.25, -0.2) is 0 Å². The monoisotopic (exact) mass is 263 g/mol. The Bertz CT molecular complexity index is 326. The summed E-state index contributed by atoms with van der Waals surface area (Å²) in [6.07, 6.45) is 15.8.